The Kier molecular flexibility index (Phi) is 5.18. The normalized spacial score (nSPS) is 17.9. The second-order valence-electron chi connectivity index (χ2n) is 5.77. The first-order chi connectivity index (χ1) is 11.3. The molecule has 1 N–H and O–H groups in total. The smallest absolute Gasteiger partial charge is 0.225 e. The van der Waals surface area contributed by atoms with Crippen LogP contribution < -0.4 is 10.2 Å². The zero-order valence-corrected chi connectivity index (χ0v) is 13.1. The standard InChI is InChI=1S/C16H22N6O/c23-15(6-2-11-22-12-4-9-19-22)20-14-5-1-10-21(13-14)16-17-7-3-8-18-16/h3-4,7-9,12,14H,1-2,5-6,10-11,13H2,(H,20,23)/t14-/m0/s1. The Morgan fingerprint density at radius 2 is 2.13 bits per heavy atom. The molecule has 23 heavy (non-hydrogen) atoms. The lowest BCUT2D eigenvalue weighted by molar-refractivity contribution is -0.122. The highest BCUT2D eigenvalue weighted by Gasteiger charge is 2.22. The van der Waals surface area contributed by atoms with E-state index in [4.69, 9.17) is 0 Å². The van der Waals surface area contributed by atoms with Gasteiger partial charge in [-0.2, -0.15) is 5.10 Å². The largest absolute Gasteiger partial charge is 0.352 e. The van der Waals surface area contributed by atoms with Gasteiger partial charge in [-0.1, -0.05) is 0 Å². The predicted octanol–water partition coefficient (Wildman–Crippen LogP) is 1.24. The molecule has 1 atom stereocenters. The van der Waals surface area contributed by atoms with Crippen LogP contribution in [0.3, 0.4) is 0 Å². The van der Waals surface area contributed by atoms with Crippen LogP contribution in [0.5, 0.6) is 0 Å². The van der Waals surface area contributed by atoms with E-state index in [1.54, 1.807) is 18.6 Å². The monoisotopic (exact) mass is 314 g/mol. The van der Waals surface area contributed by atoms with Crippen LogP contribution in [0.2, 0.25) is 0 Å². The minimum atomic E-state index is 0.109. The van der Waals surface area contributed by atoms with Crippen molar-refractivity contribution < 1.29 is 4.79 Å². The van der Waals surface area contributed by atoms with Crippen molar-refractivity contribution in [2.24, 2.45) is 0 Å². The summed E-state index contributed by atoms with van der Waals surface area (Å²) < 4.78 is 1.85. The Labute approximate surface area is 135 Å². The van der Waals surface area contributed by atoms with E-state index >= 15 is 0 Å². The maximum Gasteiger partial charge on any atom is 0.225 e. The number of carbonyl (C=O) groups excluding carboxylic acids is 1. The topological polar surface area (TPSA) is 75.9 Å². The van der Waals surface area contributed by atoms with Gasteiger partial charge in [0.2, 0.25) is 11.9 Å². The van der Waals surface area contributed by atoms with Crippen molar-refractivity contribution in [3.05, 3.63) is 36.9 Å². The molecule has 122 valence electrons. The molecular weight excluding hydrogens is 292 g/mol. The van der Waals surface area contributed by atoms with Gasteiger partial charge in [-0.15, -0.1) is 0 Å². The second-order valence-corrected chi connectivity index (χ2v) is 5.77. The molecule has 2 aromatic heterocycles. The highest BCUT2D eigenvalue weighted by Crippen LogP contribution is 2.15. The highest BCUT2D eigenvalue weighted by atomic mass is 16.1. The van der Waals surface area contributed by atoms with Crippen LogP contribution in [-0.4, -0.2) is 44.8 Å². The van der Waals surface area contributed by atoms with Gasteiger partial charge >= 0.3 is 0 Å². The number of piperidine rings is 1. The molecule has 7 heteroatoms. The van der Waals surface area contributed by atoms with Crippen molar-refractivity contribution in [1.82, 2.24) is 25.1 Å². The lowest BCUT2D eigenvalue weighted by atomic mass is 10.1. The molecule has 0 bridgehead atoms. The van der Waals surface area contributed by atoms with E-state index in [0.29, 0.717) is 6.42 Å². The Balaban J connectivity index is 1.43. The summed E-state index contributed by atoms with van der Waals surface area (Å²) in [4.78, 5) is 22.8. The average Bonchev–Trinajstić information content (AvgIpc) is 3.09. The fraction of sp³-hybridized carbons (Fsp3) is 0.500. The van der Waals surface area contributed by atoms with Crippen LogP contribution in [0.15, 0.2) is 36.9 Å². The lowest BCUT2D eigenvalue weighted by Gasteiger charge is -2.33. The molecule has 0 spiro atoms. The number of nitrogens with zero attached hydrogens (tertiary/aromatic N) is 5. The summed E-state index contributed by atoms with van der Waals surface area (Å²) in [5.41, 5.74) is 0. The van der Waals surface area contributed by atoms with Gasteiger partial charge in [-0.05, 0) is 31.4 Å². The maximum absolute atomic E-state index is 12.1. The molecule has 1 saturated heterocycles. The molecule has 0 aliphatic carbocycles. The van der Waals surface area contributed by atoms with Crippen molar-refractivity contribution in [1.29, 1.82) is 0 Å². The Morgan fingerprint density at radius 3 is 2.91 bits per heavy atom. The van der Waals surface area contributed by atoms with E-state index in [1.165, 1.54) is 0 Å². The van der Waals surface area contributed by atoms with Gasteiger partial charge in [0.25, 0.3) is 0 Å². The number of amides is 1. The molecule has 1 amide bonds. The number of rotatable bonds is 6. The zero-order valence-electron chi connectivity index (χ0n) is 13.1. The Bertz CT molecular complexity index is 600. The molecule has 2 aromatic rings. The van der Waals surface area contributed by atoms with Crippen molar-refractivity contribution in [3.8, 4) is 0 Å². The SMILES string of the molecule is O=C(CCCn1cccn1)N[C@H]1CCCN(c2ncccn2)C1. The minimum Gasteiger partial charge on any atom is -0.352 e. The van der Waals surface area contributed by atoms with Gasteiger partial charge in [0.1, 0.15) is 0 Å². The van der Waals surface area contributed by atoms with E-state index < -0.39 is 0 Å². The summed E-state index contributed by atoms with van der Waals surface area (Å²) in [6, 6.07) is 3.87. The van der Waals surface area contributed by atoms with Gasteiger partial charge in [-0.25, -0.2) is 9.97 Å². The summed E-state index contributed by atoms with van der Waals surface area (Å²) in [6.07, 6.45) is 10.5. The molecule has 1 aliphatic rings. The molecular formula is C16H22N6O. The van der Waals surface area contributed by atoms with Crippen molar-refractivity contribution in [2.75, 3.05) is 18.0 Å². The number of hydrogen-bond acceptors (Lipinski definition) is 5. The molecule has 0 aromatic carbocycles. The molecule has 3 rings (SSSR count). The molecule has 7 nitrogen and oxygen atoms in total. The van der Waals surface area contributed by atoms with Gasteiger partial charge in [0.05, 0.1) is 0 Å². The van der Waals surface area contributed by atoms with Gasteiger partial charge in [0, 0.05) is 56.9 Å². The Hall–Kier alpha value is -2.44. The van der Waals surface area contributed by atoms with E-state index in [2.05, 4.69) is 25.3 Å². The Morgan fingerprint density at radius 1 is 1.26 bits per heavy atom. The van der Waals surface area contributed by atoms with Crippen LogP contribution in [0, 0.1) is 0 Å². The predicted molar refractivity (Wildman–Crippen MR) is 86.9 cm³/mol. The van der Waals surface area contributed by atoms with Crippen molar-refractivity contribution >= 4 is 11.9 Å². The van der Waals surface area contributed by atoms with Crippen LogP contribution in [0.25, 0.3) is 0 Å². The van der Waals surface area contributed by atoms with Crippen molar-refractivity contribution in [2.45, 2.75) is 38.3 Å². The zero-order chi connectivity index (χ0) is 15.9. The third-order valence-electron chi connectivity index (χ3n) is 3.97. The first kappa shape index (κ1) is 15.5. The van der Waals surface area contributed by atoms with Gasteiger partial charge < -0.3 is 10.2 Å². The molecule has 1 aliphatic heterocycles. The lowest BCUT2D eigenvalue weighted by Crippen LogP contribution is -2.48. The fourth-order valence-electron chi connectivity index (χ4n) is 2.87. The maximum atomic E-state index is 12.1. The molecule has 0 saturated carbocycles. The van der Waals surface area contributed by atoms with Crippen molar-refractivity contribution in [3.63, 3.8) is 0 Å². The summed E-state index contributed by atoms with van der Waals surface area (Å²) in [7, 11) is 0. The molecule has 1 fully saturated rings. The summed E-state index contributed by atoms with van der Waals surface area (Å²) in [5.74, 6) is 0.850. The second kappa shape index (κ2) is 7.71. The first-order valence-corrected chi connectivity index (χ1v) is 8.10. The van der Waals surface area contributed by atoms with Crippen LogP contribution in [-0.2, 0) is 11.3 Å². The number of carbonyl (C=O) groups is 1. The van der Waals surface area contributed by atoms with Gasteiger partial charge in [0.15, 0.2) is 0 Å². The molecule has 0 unspecified atom stereocenters. The van der Waals surface area contributed by atoms with E-state index in [-0.39, 0.29) is 11.9 Å². The summed E-state index contributed by atoms with van der Waals surface area (Å²) >= 11 is 0. The number of aryl methyl sites for hydroxylation is 1. The number of aromatic nitrogens is 4. The number of nitrogens with one attached hydrogen (secondary N) is 1. The van der Waals surface area contributed by atoms with Gasteiger partial charge in [-0.3, -0.25) is 9.48 Å². The summed E-state index contributed by atoms with van der Waals surface area (Å²) in [6.45, 7) is 2.49. The van der Waals surface area contributed by atoms with E-state index in [0.717, 1.165) is 44.8 Å². The van der Waals surface area contributed by atoms with E-state index in [9.17, 15) is 4.79 Å². The number of anilines is 1. The summed E-state index contributed by atoms with van der Waals surface area (Å²) in [5, 5.41) is 7.27. The fourth-order valence-corrected chi connectivity index (χ4v) is 2.87. The van der Waals surface area contributed by atoms with Crippen LogP contribution >= 0.6 is 0 Å². The molecule has 3 heterocycles. The average molecular weight is 314 g/mol. The third kappa shape index (κ3) is 4.51. The highest BCUT2D eigenvalue weighted by molar-refractivity contribution is 5.76. The first-order valence-electron chi connectivity index (χ1n) is 8.10. The molecule has 0 radical (unpaired) electrons. The quantitative estimate of drug-likeness (QED) is 0.868. The number of hydrogen-bond donors (Lipinski definition) is 1. The van der Waals surface area contributed by atoms with Crippen LogP contribution in [0.4, 0.5) is 5.95 Å². The van der Waals surface area contributed by atoms with E-state index in [1.807, 2.05) is 23.0 Å². The minimum absolute atomic E-state index is 0.109. The van der Waals surface area contributed by atoms with Crippen LogP contribution in [0.1, 0.15) is 25.7 Å². The third-order valence-corrected chi connectivity index (χ3v) is 3.97.